The summed E-state index contributed by atoms with van der Waals surface area (Å²) in [6, 6.07) is 4.14. The van der Waals surface area contributed by atoms with Gasteiger partial charge in [-0.1, -0.05) is 35.9 Å². The SMILES string of the molecule is C\C=C(C)/C=C\C(=C/C)c1ccc(C)nc1. The third-order valence-electron chi connectivity index (χ3n) is 2.54. The molecule has 0 aliphatic rings. The van der Waals surface area contributed by atoms with Crippen molar-refractivity contribution in [3.05, 3.63) is 59.5 Å². The number of aromatic nitrogens is 1. The van der Waals surface area contributed by atoms with Gasteiger partial charge in [-0.05, 0) is 44.9 Å². The van der Waals surface area contributed by atoms with Crippen molar-refractivity contribution in [2.45, 2.75) is 27.7 Å². The number of hydrogen-bond acceptors (Lipinski definition) is 1. The van der Waals surface area contributed by atoms with Crippen LogP contribution in [0.2, 0.25) is 0 Å². The first kappa shape index (κ1) is 12.4. The normalized spacial score (nSPS) is 13.5. The molecule has 0 saturated carbocycles. The van der Waals surface area contributed by atoms with Crippen molar-refractivity contribution in [2.24, 2.45) is 0 Å². The molecule has 84 valence electrons. The minimum absolute atomic E-state index is 1.05. The number of pyridine rings is 1. The van der Waals surface area contributed by atoms with Crippen molar-refractivity contribution in [3.63, 3.8) is 0 Å². The minimum Gasteiger partial charge on any atom is -0.261 e. The van der Waals surface area contributed by atoms with Crippen LogP contribution < -0.4 is 0 Å². The summed E-state index contributed by atoms with van der Waals surface area (Å²) < 4.78 is 0. The van der Waals surface area contributed by atoms with E-state index in [0.717, 1.165) is 11.3 Å². The van der Waals surface area contributed by atoms with E-state index in [1.165, 1.54) is 11.1 Å². The van der Waals surface area contributed by atoms with Crippen LogP contribution in [0.5, 0.6) is 0 Å². The molecule has 0 spiro atoms. The van der Waals surface area contributed by atoms with Gasteiger partial charge in [0.25, 0.3) is 0 Å². The number of nitrogens with zero attached hydrogens (tertiary/aromatic N) is 1. The van der Waals surface area contributed by atoms with Crippen LogP contribution in [0.3, 0.4) is 0 Å². The summed E-state index contributed by atoms with van der Waals surface area (Å²) in [5.41, 5.74) is 4.68. The predicted octanol–water partition coefficient (Wildman–Crippen LogP) is 4.32. The minimum atomic E-state index is 1.05. The highest BCUT2D eigenvalue weighted by molar-refractivity contribution is 5.73. The van der Waals surface area contributed by atoms with Crippen molar-refractivity contribution in [1.82, 2.24) is 4.98 Å². The van der Waals surface area contributed by atoms with E-state index >= 15 is 0 Å². The first-order valence-electron chi connectivity index (χ1n) is 5.57. The highest BCUT2D eigenvalue weighted by Crippen LogP contribution is 2.15. The second kappa shape index (κ2) is 6.06. The van der Waals surface area contributed by atoms with Crippen LogP contribution in [0.1, 0.15) is 32.0 Å². The smallest absolute Gasteiger partial charge is 0.0373 e. The van der Waals surface area contributed by atoms with Crippen LogP contribution >= 0.6 is 0 Å². The van der Waals surface area contributed by atoms with Crippen LogP contribution in [-0.2, 0) is 0 Å². The summed E-state index contributed by atoms with van der Waals surface area (Å²) >= 11 is 0. The van der Waals surface area contributed by atoms with Gasteiger partial charge in [-0.15, -0.1) is 0 Å². The molecule has 1 aromatic heterocycles. The van der Waals surface area contributed by atoms with Gasteiger partial charge in [0.2, 0.25) is 0 Å². The number of hydrogen-bond donors (Lipinski definition) is 0. The Morgan fingerprint density at radius 1 is 1.12 bits per heavy atom. The lowest BCUT2D eigenvalue weighted by Gasteiger charge is -2.02. The molecule has 0 atom stereocenters. The lowest BCUT2D eigenvalue weighted by molar-refractivity contribution is 1.19. The maximum atomic E-state index is 4.31. The Balaban J connectivity index is 2.92. The van der Waals surface area contributed by atoms with Crippen molar-refractivity contribution < 1.29 is 0 Å². The van der Waals surface area contributed by atoms with Gasteiger partial charge >= 0.3 is 0 Å². The first-order chi connectivity index (χ1) is 7.67. The molecule has 0 bridgehead atoms. The largest absolute Gasteiger partial charge is 0.261 e. The average molecular weight is 213 g/mol. The fourth-order valence-corrected chi connectivity index (χ4v) is 1.32. The lowest BCUT2D eigenvalue weighted by atomic mass is 10.1. The molecule has 0 saturated heterocycles. The van der Waals surface area contributed by atoms with Crippen LogP contribution in [0.4, 0.5) is 0 Å². The number of rotatable bonds is 3. The average Bonchev–Trinajstić information content (AvgIpc) is 2.31. The van der Waals surface area contributed by atoms with E-state index in [4.69, 9.17) is 0 Å². The second-order valence-electron chi connectivity index (χ2n) is 3.80. The van der Waals surface area contributed by atoms with E-state index in [1.54, 1.807) is 0 Å². The van der Waals surface area contributed by atoms with Crippen LogP contribution in [0, 0.1) is 6.92 Å². The molecule has 1 aromatic rings. The van der Waals surface area contributed by atoms with Crippen LogP contribution in [-0.4, -0.2) is 4.98 Å². The van der Waals surface area contributed by atoms with Crippen molar-refractivity contribution in [3.8, 4) is 0 Å². The molecule has 1 rings (SSSR count). The summed E-state index contributed by atoms with van der Waals surface area (Å²) in [5, 5.41) is 0. The molecular weight excluding hydrogens is 194 g/mol. The van der Waals surface area contributed by atoms with E-state index in [0.29, 0.717) is 0 Å². The molecule has 1 nitrogen and oxygen atoms in total. The Morgan fingerprint density at radius 2 is 1.88 bits per heavy atom. The van der Waals surface area contributed by atoms with Gasteiger partial charge in [0.05, 0.1) is 0 Å². The van der Waals surface area contributed by atoms with Gasteiger partial charge < -0.3 is 0 Å². The molecule has 0 aliphatic carbocycles. The molecule has 1 heterocycles. The van der Waals surface area contributed by atoms with Gasteiger partial charge in [0.1, 0.15) is 0 Å². The monoisotopic (exact) mass is 213 g/mol. The van der Waals surface area contributed by atoms with Crippen molar-refractivity contribution >= 4 is 5.57 Å². The molecule has 0 aromatic carbocycles. The Labute approximate surface area is 98.2 Å². The van der Waals surface area contributed by atoms with Crippen LogP contribution in [0.15, 0.2) is 48.2 Å². The summed E-state index contributed by atoms with van der Waals surface area (Å²) in [6.07, 6.45) is 10.4. The van der Waals surface area contributed by atoms with E-state index in [1.807, 2.05) is 33.0 Å². The predicted molar refractivity (Wildman–Crippen MR) is 71.2 cm³/mol. The Morgan fingerprint density at radius 3 is 2.38 bits per heavy atom. The molecule has 0 aliphatic heterocycles. The number of allylic oxidation sites excluding steroid dienone is 6. The summed E-state index contributed by atoms with van der Waals surface area (Å²) in [7, 11) is 0. The Hall–Kier alpha value is -1.63. The molecular formula is C15H19N. The zero-order valence-corrected chi connectivity index (χ0v) is 10.5. The third-order valence-corrected chi connectivity index (χ3v) is 2.54. The summed E-state index contributed by atoms with van der Waals surface area (Å²) in [4.78, 5) is 4.31. The molecule has 0 N–H and O–H groups in total. The highest BCUT2D eigenvalue weighted by Gasteiger charge is 1.96. The lowest BCUT2D eigenvalue weighted by Crippen LogP contribution is -1.85. The highest BCUT2D eigenvalue weighted by atomic mass is 14.7. The number of aryl methyl sites for hydroxylation is 1. The molecule has 16 heavy (non-hydrogen) atoms. The van der Waals surface area contributed by atoms with E-state index < -0.39 is 0 Å². The van der Waals surface area contributed by atoms with Gasteiger partial charge in [-0.3, -0.25) is 4.98 Å². The maximum Gasteiger partial charge on any atom is 0.0373 e. The zero-order chi connectivity index (χ0) is 12.0. The standard InChI is InChI=1S/C15H19N/c1-5-12(3)7-9-14(6-2)15-10-8-13(4)16-11-15/h5-11H,1-4H3/b9-7-,12-5-,14-6+. The van der Waals surface area contributed by atoms with Crippen LogP contribution in [0.25, 0.3) is 5.57 Å². The Bertz CT molecular complexity index is 419. The first-order valence-corrected chi connectivity index (χ1v) is 5.57. The topological polar surface area (TPSA) is 12.9 Å². The quantitative estimate of drug-likeness (QED) is 0.681. The zero-order valence-electron chi connectivity index (χ0n) is 10.5. The van der Waals surface area contributed by atoms with Gasteiger partial charge in [-0.2, -0.15) is 0 Å². The molecule has 0 fully saturated rings. The third kappa shape index (κ3) is 3.50. The van der Waals surface area contributed by atoms with Crippen molar-refractivity contribution in [2.75, 3.05) is 0 Å². The summed E-state index contributed by atoms with van der Waals surface area (Å²) in [6.45, 7) is 8.18. The summed E-state index contributed by atoms with van der Waals surface area (Å²) in [5.74, 6) is 0. The molecule has 0 amide bonds. The van der Waals surface area contributed by atoms with E-state index in [2.05, 4.69) is 42.3 Å². The van der Waals surface area contributed by atoms with E-state index in [-0.39, 0.29) is 0 Å². The van der Waals surface area contributed by atoms with Crippen molar-refractivity contribution in [1.29, 1.82) is 0 Å². The maximum absolute atomic E-state index is 4.31. The molecule has 1 heteroatoms. The fraction of sp³-hybridized carbons (Fsp3) is 0.267. The van der Waals surface area contributed by atoms with Gasteiger partial charge in [-0.25, -0.2) is 0 Å². The fourth-order valence-electron chi connectivity index (χ4n) is 1.32. The van der Waals surface area contributed by atoms with Gasteiger partial charge in [0.15, 0.2) is 0 Å². The van der Waals surface area contributed by atoms with E-state index in [9.17, 15) is 0 Å². The Kier molecular flexibility index (Phi) is 4.71. The second-order valence-corrected chi connectivity index (χ2v) is 3.80. The molecule has 0 unspecified atom stereocenters. The van der Waals surface area contributed by atoms with Gasteiger partial charge in [0, 0.05) is 11.9 Å². The molecule has 0 radical (unpaired) electrons.